The number of nitro benzene ring substituents is 1. The van der Waals surface area contributed by atoms with Crippen molar-refractivity contribution in [2.75, 3.05) is 31.1 Å². The van der Waals surface area contributed by atoms with Gasteiger partial charge in [0.05, 0.1) is 4.92 Å². The SMILES string of the molecule is Cc1cc(N2CCN(C(=O)c3cccc(O)c3)CC2)c2cccc([N+](=O)[O-])c2n1. The number of nitro groups is 1. The number of nitrogens with zero attached hydrogens (tertiary/aromatic N) is 4. The Morgan fingerprint density at radius 1 is 1.10 bits per heavy atom. The maximum atomic E-state index is 12.7. The van der Waals surface area contributed by atoms with E-state index in [1.807, 2.05) is 19.1 Å². The first-order valence-electron chi connectivity index (χ1n) is 9.32. The molecule has 148 valence electrons. The molecule has 2 aromatic carbocycles. The molecule has 1 fully saturated rings. The topological polar surface area (TPSA) is 99.8 Å². The van der Waals surface area contributed by atoms with Crippen molar-refractivity contribution in [2.45, 2.75) is 6.92 Å². The number of benzene rings is 2. The first kappa shape index (κ1) is 18.7. The van der Waals surface area contributed by atoms with E-state index in [0.717, 1.165) is 11.1 Å². The Bertz CT molecular complexity index is 1110. The lowest BCUT2D eigenvalue weighted by Crippen LogP contribution is -2.48. The number of hydrogen-bond donors (Lipinski definition) is 1. The van der Waals surface area contributed by atoms with Crippen molar-refractivity contribution >= 4 is 28.2 Å². The Morgan fingerprint density at radius 3 is 2.52 bits per heavy atom. The summed E-state index contributed by atoms with van der Waals surface area (Å²) < 4.78 is 0. The number of anilines is 1. The monoisotopic (exact) mass is 392 g/mol. The summed E-state index contributed by atoms with van der Waals surface area (Å²) in [6.45, 7) is 4.07. The van der Waals surface area contributed by atoms with Crippen LogP contribution in [0.1, 0.15) is 16.1 Å². The fourth-order valence-electron chi connectivity index (χ4n) is 3.72. The van der Waals surface area contributed by atoms with Gasteiger partial charge in [-0.25, -0.2) is 4.98 Å². The Kier molecular flexibility index (Phi) is 4.75. The molecule has 0 radical (unpaired) electrons. The van der Waals surface area contributed by atoms with Gasteiger partial charge in [-0.2, -0.15) is 0 Å². The molecule has 1 saturated heterocycles. The summed E-state index contributed by atoms with van der Waals surface area (Å²) in [6, 6.07) is 13.2. The molecule has 8 heteroatoms. The van der Waals surface area contributed by atoms with Crippen LogP contribution in [0.3, 0.4) is 0 Å². The molecular formula is C21H20N4O4. The van der Waals surface area contributed by atoms with E-state index >= 15 is 0 Å². The molecule has 2 heterocycles. The minimum atomic E-state index is -0.412. The largest absolute Gasteiger partial charge is 0.508 e. The Labute approximate surface area is 167 Å². The highest BCUT2D eigenvalue weighted by molar-refractivity contribution is 5.97. The van der Waals surface area contributed by atoms with Crippen LogP contribution in [0.4, 0.5) is 11.4 Å². The molecule has 4 rings (SSSR count). The second-order valence-corrected chi connectivity index (χ2v) is 7.04. The van der Waals surface area contributed by atoms with Gasteiger partial charge in [0.2, 0.25) is 0 Å². The maximum Gasteiger partial charge on any atom is 0.295 e. The van der Waals surface area contributed by atoms with E-state index in [0.29, 0.717) is 43.0 Å². The Hall–Kier alpha value is -3.68. The highest BCUT2D eigenvalue weighted by Crippen LogP contribution is 2.32. The van der Waals surface area contributed by atoms with E-state index < -0.39 is 4.92 Å². The van der Waals surface area contributed by atoms with Gasteiger partial charge in [0.1, 0.15) is 5.75 Å². The van der Waals surface area contributed by atoms with Gasteiger partial charge in [-0.15, -0.1) is 0 Å². The number of aromatic hydroxyl groups is 1. The molecule has 0 atom stereocenters. The van der Waals surface area contributed by atoms with Gasteiger partial charge < -0.3 is 14.9 Å². The van der Waals surface area contributed by atoms with Crippen molar-refractivity contribution in [3.05, 3.63) is 69.9 Å². The molecule has 0 unspecified atom stereocenters. The lowest BCUT2D eigenvalue weighted by molar-refractivity contribution is -0.383. The first-order valence-corrected chi connectivity index (χ1v) is 9.32. The summed E-state index contributed by atoms with van der Waals surface area (Å²) in [5, 5.41) is 21.7. The van der Waals surface area contributed by atoms with E-state index in [1.165, 1.54) is 18.2 Å². The summed E-state index contributed by atoms with van der Waals surface area (Å²) in [4.78, 5) is 31.9. The number of hydrogen-bond acceptors (Lipinski definition) is 6. The molecule has 29 heavy (non-hydrogen) atoms. The van der Waals surface area contributed by atoms with Crippen LogP contribution in [0.15, 0.2) is 48.5 Å². The van der Waals surface area contributed by atoms with Crippen LogP contribution in [0, 0.1) is 17.0 Å². The maximum absolute atomic E-state index is 12.7. The number of non-ortho nitro benzene ring substituents is 1. The van der Waals surface area contributed by atoms with E-state index in [2.05, 4.69) is 9.88 Å². The quantitative estimate of drug-likeness (QED) is 0.543. The van der Waals surface area contributed by atoms with Gasteiger partial charge in [0.15, 0.2) is 5.52 Å². The number of fused-ring (bicyclic) bond motifs is 1. The second-order valence-electron chi connectivity index (χ2n) is 7.04. The van der Waals surface area contributed by atoms with Crippen LogP contribution in [0.2, 0.25) is 0 Å². The zero-order valence-electron chi connectivity index (χ0n) is 15.9. The van der Waals surface area contributed by atoms with Gasteiger partial charge in [0.25, 0.3) is 11.6 Å². The van der Waals surface area contributed by atoms with E-state index in [9.17, 15) is 20.0 Å². The standard InChI is InChI=1S/C21H20N4O4/c1-14-12-19(17-6-3-7-18(25(28)29)20(17)22-14)23-8-10-24(11-9-23)21(27)15-4-2-5-16(26)13-15/h2-7,12-13,26H,8-11H2,1H3. The third-order valence-electron chi connectivity index (χ3n) is 5.12. The summed E-state index contributed by atoms with van der Waals surface area (Å²) >= 11 is 0. The fourth-order valence-corrected chi connectivity index (χ4v) is 3.72. The Balaban J connectivity index is 1.59. The zero-order valence-corrected chi connectivity index (χ0v) is 15.9. The van der Waals surface area contributed by atoms with E-state index in [-0.39, 0.29) is 17.3 Å². The second kappa shape index (κ2) is 7.38. The smallest absolute Gasteiger partial charge is 0.295 e. The van der Waals surface area contributed by atoms with Gasteiger partial charge in [-0.3, -0.25) is 14.9 Å². The molecule has 1 amide bonds. The Morgan fingerprint density at radius 2 is 1.83 bits per heavy atom. The third kappa shape index (κ3) is 3.56. The molecule has 3 aromatic rings. The van der Waals surface area contributed by atoms with Crippen molar-refractivity contribution in [3.63, 3.8) is 0 Å². The first-order chi connectivity index (χ1) is 13.9. The lowest BCUT2D eigenvalue weighted by atomic mass is 10.1. The number of amides is 1. The van der Waals surface area contributed by atoms with E-state index in [1.54, 1.807) is 23.1 Å². The number of phenolic OH excluding ortho intramolecular Hbond substituents is 1. The molecule has 0 spiro atoms. The molecule has 0 aliphatic carbocycles. The summed E-state index contributed by atoms with van der Waals surface area (Å²) in [6.07, 6.45) is 0. The van der Waals surface area contributed by atoms with Gasteiger partial charge in [-0.05, 0) is 31.2 Å². The van der Waals surface area contributed by atoms with Crippen LogP contribution in [0.25, 0.3) is 10.9 Å². The number of piperazine rings is 1. The third-order valence-corrected chi connectivity index (χ3v) is 5.12. The van der Waals surface area contributed by atoms with Gasteiger partial charge in [-0.1, -0.05) is 18.2 Å². The molecule has 0 saturated carbocycles. The van der Waals surface area contributed by atoms with Crippen LogP contribution >= 0.6 is 0 Å². The number of carbonyl (C=O) groups excluding carboxylic acids is 1. The number of aryl methyl sites for hydroxylation is 1. The van der Waals surface area contributed by atoms with Crippen LogP contribution in [-0.4, -0.2) is 52.0 Å². The van der Waals surface area contributed by atoms with Crippen LogP contribution < -0.4 is 4.90 Å². The van der Waals surface area contributed by atoms with E-state index in [4.69, 9.17) is 0 Å². The number of aromatic nitrogens is 1. The highest BCUT2D eigenvalue weighted by atomic mass is 16.6. The average molecular weight is 392 g/mol. The molecular weight excluding hydrogens is 372 g/mol. The molecule has 1 aromatic heterocycles. The molecule has 1 aliphatic rings. The molecule has 0 bridgehead atoms. The molecule has 8 nitrogen and oxygen atoms in total. The number of para-hydroxylation sites is 1. The van der Waals surface area contributed by atoms with Crippen molar-refractivity contribution in [1.29, 1.82) is 0 Å². The van der Waals surface area contributed by atoms with Crippen molar-refractivity contribution in [1.82, 2.24) is 9.88 Å². The predicted molar refractivity (Wildman–Crippen MR) is 109 cm³/mol. The number of carbonyl (C=O) groups is 1. The summed E-state index contributed by atoms with van der Waals surface area (Å²) in [7, 11) is 0. The average Bonchev–Trinajstić information content (AvgIpc) is 2.72. The molecule has 1 aliphatic heterocycles. The summed E-state index contributed by atoms with van der Waals surface area (Å²) in [5.74, 6) is -0.0539. The van der Waals surface area contributed by atoms with Gasteiger partial charge in [0, 0.05) is 54.6 Å². The normalized spacial score (nSPS) is 14.2. The fraction of sp³-hybridized carbons (Fsp3) is 0.238. The minimum absolute atomic E-state index is 0.00912. The van der Waals surface area contributed by atoms with Crippen LogP contribution in [-0.2, 0) is 0 Å². The van der Waals surface area contributed by atoms with Crippen molar-refractivity contribution < 1.29 is 14.8 Å². The number of phenols is 1. The summed E-state index contributed by atoms with van der Waals surface area (Å²) in [5.41, 5.74) is 2.43. The van der Waals surface area contributed by atoms with Crippen molar-refractivity contribution in [3.8, 4) is 5.75 Å². The zero-order chi connectivity index (χ0) is 20.5. The predicted octanol–water partition coefficient (Wildman–Crippen LogP) is 3.12. The van der Waals surface area contributed by atoms with Gasteiger partial charge >= 0.3 is 0 Å². The number of rotatable bonds is 3. The lowest BCUT2D eigenvalue weighted by Gasteiger charge is -2.36. The van der Waals surface area contributed by atoms with Crippen molar-refractivity contribution in [2.24, 2.45) is 0 Å². The number of pyridine rings is 1. The molecule has 1 N–H and O–H groups in total. The highest BCUT2D eigenvalue weighted by Gasteiger charge is 2.25. The minimum Gasteiger partial charge on any atom is -0.508 e. The van der Waals surface area contributed by atoms with Crippen LogP contribution in [0.5, 0.6) is 5.75 Å².